The van der Waals surface area contributed by atoms with Crippen LogP contribution in [0.4, 0.5) is 0 Å². The summed E-state index contributed by atoms with van der Waals surface area (Å²) in [6.45, 7) is 0.348. The third-order valence-corrected chi connectivity index (χ3v) is 4.18. The average Bonchev–Trinajstić information content (AvgIpc) is 2.60. The molecule has 0 radical (unpaired) electrons. The summed E-state index contributed by atoms with van der Waals surface area (Å²) in [5.74, 6) is -0.236. The van der Waals surface area contributed by atoms with E-state index in [0.717, 1.165) is 0 Å². The van der Waals surface area contributed by atoms with Gasteiger partial charge in [0.1, 0.15) is 0 Å². The molecule has 0 aromatic heterocycles. The van der Waals surface area contributed by atoms with Crippen LogP contribution in [0.5, 0.6) is 0 Å². The number of rotatable bonds is 3. The number of amides is 1. The minimum absolute atomic E-state index is 0.236. The predicted octanol–water partition coefficient (Wildman–Crippen LogP) is 1.56. The fourth-order valence-corrected chi connectivity index (χ4v) is 3.38. The minimum Gasteiger partial charge on any atom is -0.369 e. The first-order chi connectivity index (χ1) is 7.20. The first-order valence-corrected chi connectivity index (χ1v) is 6.22. The van der Waals surface area contributed by atoms with Crippen LogP contribution in [0, 0.1) is 5.41 Å². The molecular weight excluding hydrogens is 188 g/mol. The van der Waals surface area contributed by atoms with Gasteiger partial charge >= 0.3 is 0 Å². The van der Waals surface area contributed by atoms with E-state index in [1.165, 1.54) is 51.4 Å². The third kappa shape index (κ3) is 2.71. The third-order valence-electron chi connectivity index (χ3n) is 4.18. The van der Waals surface area contributed by atoms with Crippen LogP contribution in [0.25, 0.3) is 0 Å². The lowest BCUT2D eigenvalue weighted by molar-refractivity contribution is -0.117. The quantitative estimate of drug-likeness (QED) is 0.743. The molecule has 0 aliphatic heterocycles. The molecule has 0 saturated heterocycles. The van der Waals surface area contributed by atoms with Crippen molar-refractivity contribution in [3.05, 3.63) is 0 Å². The van der Waals surface area contributed by atoms with Crippen LogP contribution in [-0.2, 0) is 4.79 Å². The maximum atomic E-state index is 10.7. The molecule has 2 aliphatic rings. The van der Waals surface area contributed by atoms with E-state index in [-0.39, 0.29) is 5.91 Å². The molecule has 0 bridgehead atoms. The molecule has 2 saturated carbocycles. The van der Waals surface area contributed by atoms with Gasteiger partial charge in [0.2, 0.25) is 5.91 Å². The van der Waals surface area contributed by atoms with E-state index in [1.807, 2.05) is 0 Å². The smallest absolute Gasteiger partial charge is 0.231 e. The van der Waals surface area contributed by atoms with Crippen LogP contribution in [0.15, 0.2) is 0 Å². The summed E-state index contributed by atoms with van der Waals surface area (Å²) in [5.41, 5.74) is 5.76. The summed E-state index contributed by atoms with van der Waals surface area (Å²) >= 11 is 0. The van der Waals surface area contributed by atoms with Crippen molar-refractivity contribution >= 4 is 5.91 Å². The van der Waals surface area contributed by atoms with Gasteiger partial charge in [-0.3, -0.25) is 4.79 Å². The summed E-state index contributed by atoms with van der Waals surface area (Å²) in [5, 5.41) is 3.28. The summed E-state index contributed by atoms with van der Waals surface area (Å²) < 4.78 is 0. The van der Waals surface area contributed by atoms with Crippen molar-refractivity contribution in [1.29, 1.82) is 0 Å². The fourth-order valence-electron chi connectivity index (χ4n) is 3.38. The van der Waals surface area contributed by atoms with Crippen molar-refractivity contribution < 1.29 is 4.79 Å². The van der Waals surface area contributed by atoms with E-state index in [0.29, 0.717) is 18.0 Å². The highest BCUT2D eigenvalue weighted by molar-refractivity contribution is 5.75. The summed E-state index contributed by atoms with van der Waals surface area (Å²) in [6, 6.07) is 0.538. The van der Waals surface area contributed by atoms with Crippen LogP contribution in [0.2, 0.25) is 0 Å². The normalized spacial score (nSPS) is 29.5. The number of carbonyl (C=O) groups excluding carboxylic acids is 1. The van der Waals surface area contributed by atoms with Crippen molar-refractivity contribution in [1.82, 2.24) is 5.32 Å². The number of nitrogens with two attached hydrogens (primary N) is 1. The van der Waals surface area contributed by atoms with Gasteiger partial charge in [-0.05, 0) is 37.5 Å². The highest BCUT2D eigenvalue weighted by Gasteiger charge is 2.39. The zero-order valence-electron chi connectivity index (χ0n) is 9.43. The molecular formula is C12H22N2O. The van der Waals surface area contributed by atoms with E-state index >= 15 is 0 Å². The lowest BCUT2D eigenvalue weighted by Gasteiger charge is -2.33. The predicted molar refractivity (Wildman–Crippen MR) is 60.4 cm³/mol. The second-order valence-corrected chi connectivity index (χ2v) is 5.35. The number of nitrogens with one attached hydrogen (secondary N) is 1. The average molecular weight is 210 g/mol. The maximum Gasteiger partial charge on any atom is 0.231 e. The van der Waals surface area contributed by atoms with Gasteiger partial charge in [-0.2, -0.15) is 0 Å². The van der Waals surface area contributed by atoms with E-state index in [2.05, 4.69) is 5.32 Å². The molecule has 3 N–H and O–H groups in total. The zero-order valence-corrected chi connectivity index (χ0v) is 9.43. The molecule has 15 heavy (non-hydrogen) atoms. The molecule has 2 fully saturated rings. The van der Waals surface area contributed by atoms with Gasteiger partial charge in [0, 0.05) is 6.04 Å². The van der Waals surface area contributed by atoms with Crippen molar-refractivity contribution in [2.75, 3.05) is 6.54 Å². The molecule has 3 heteroatoms. The second kappa shape index (κ2) is 4.52. The molecule has 2 rings (SSSR count). The largest absolute Gasteiger partial charge is 0.369 e. The molecule has 0 aromatic carbocycles. The Balaban J connectivity index is 1.80. The molecule has 1 spiro atoms. The van der Waals surface area contributed by atoms with Crippen molar-refractivity contribution in [3.8, 4) is 0 Å². The molecule has 1 atom stereocenters. The minimum atomic E-state index is -0.236. The van der Waals surface area contributed by atoms with Crippen LogP contribution in [0.1, 0.15) is 51.4 Å². The van der Waals surface area contributed by atoms with Crippen LogP contribution in [0.3, 0.4) is 0 Å². The molecule has 0 heterocycles. The first kappa shape index (κ1) is 10.9. The number of carbonyl (C=O) groups is 1. The Labute approximate surface area is 91.8 Å². The highest BCUT2D eigenvalue weighted by atomic mass is 16.1. The molecule has 3 nitrogen and oxygen atoms in total. The summed E-state index contributed by atoms with van der Waals surface area (Å²) in [6.07, 6.45) is 10.9. The number of hydrogen-bond acceptors (Lipinski definition) is 2. The Morgan fingerprint density at radius 3 is 2.67 bits per heavy atom. The first-order valence-electron chi connectivity index (χ1n) is 6.22. The van der Waals surface area contributed by atoms with E-state index in [9.17, 15) is 4.79 Å². The highest BCUT2D eigenvalue weighted by Crippen LogP contribution is 2.48. The van der Waals surface area contributed by atoms with Crippen LogP contribution >= 0.6 is 0 Å². The van der Waals surface area contributed by atoms with Crippen molar-refractivity contribution in [2.45, 2.75) is 57.4 Å². The topological polar surface area (TPSA) is 55.1 Å². The molecule has 1 unspecified atom stereocenters. The van der Waals surface area contributed by atoms with Gasteiger partial charge in [0.15, 0.2) is 0 Å². The lowest BCUT2D eigenvalue weighted by atomic mass is 9.73. The van der Waals surface area contributed by atoms with Gasteiger partial charge < -0.3 is 11.1 Å². The standard InChI is InChI=1S/C12H22N2O/c13-11(15)9-14-10-4-7-12(8-10)5-2-1-3-6-12/h10,14H,1-9H2,(H2,13,15). The molecule has 86 valence electrons. The second-order valence-electron chi connectivity index (χ2n) is 5.35. The molecule has 2 aliphatic carbocycles. The van der Waals surface area contributed by atoms with Gasteiger partial charge in [0.25, 0.3) is 0 Å². The SMILES string of the molecule is NC(=O)CNC1CCC2(CCCCC2)C1. The van der Waals surface area contributed by atoms with Crippen LogP contribution in [-0.4, -0.2) is 18.5 Å². The van der Waals surface area contributed by atoms with E-state index in [1.54, 1.807) is 0 Å². The van der Waals surface area contributed by atoms with Crippen molar-refractivity contribution in [2.24, 2.45) is 11.1 Å². The van der Waals surface area contributed by atoms with E-state index in [4.69, 9.17) is 5.73 Å². The van der Waals surface area contributed by atoms with Gasteiger partial charge in [-0.25, -0.2) is 0 Å². The van der Waals surface area contributed by atoms with Gasteiger partial charge in [-0.15, -0.1) is 0 Å². The van der Waals surface area contributed by atoms with Gasteiger partial charge in [0.05, 0.1) is 6.54 Å². The number of primary amides is 1. The Morgan fingerprint density at radius 1 is 1.27 bits per heavy atom. The fraction of sp³-hybridized carbons (Fsp3) is 0.917. The molecule has 1 amide bonds. The lowest BCUT2D eigenvalue weighted by Crippen LogP contribution is -2.36. The number of hydrogen-bond donors (Lipinski definition) is 2. The Morgan fingerprint density at radius 2 is 2.00 bits per heavy atom. The Hall–Kier alpha value is -0.570. The van der Waals surface area contributed by atoms with Crippen LogP contribution < -0.4 is 11.1 Å². The van der Waals surface area contributed by atoms with Gasteiger partial charge in [-0.1, -0.05) is 19.3 Å². The summed E-state index contributed by atoms with van der Waals surface area (Å²) in [4.78, 5) is 10.7. The Bertz CT molecular complexity index is 234. The monoisotopic (exact) mass is 210 g/mol. The van der Waals surface area contributed by atoms with Crippen molar-refractivity contribution in [3.63, 3.8) is 0 Å². The van der Waals surface area contributed by atoms with E-state index < -0.39 is 0 Å². The zero-order chi connectivity index (χ0) is 10.7. The Kier molecular flexibility index (Phi) is 3.29. The molecule has 0 aromatic rings. The maximum absolute atomic E-state index is 10.7. The summed E-state index contributed by atoms with van der Waals surface area (Å²) in [7, 11) is 0.